The second kappa shape index (κ2) is 7.33. The van der Waals surface area contributed by atoms with Gasteiger partial charge in [0, 0.05) is 11.6 Å². The van der Waals surface area contributed by atoms with Crippen molar-refractivity contribution in [3.8, 4) is 5.75 Å². The molecule has 4 nitrogen and oxygen atoms in total. The molecule has 2 bridgehead atoms. The van der Waals surface area contributed by atoms with Crippen molar-refractivity contribution in [3.05, 3.63) is 35.4 Å². The highest BCUT2D eigenvalue weighted by molar-refractivity contribution is 5.77. The van der Waals surface area contributed by atoms with Gasteiger partial charge in [0.2, 0.25) is 0 Å². The SMILES string of the molecule is COc1cc(C(F)(F)F)ccc1C1=CC2CCCC(C1)N2C(=O)OC(C)(C)C. The molecule has 3 rings (SSSR count). The van der Waals surface area contributed by atoms with Crippen molar-refractivity contribution in [1.29, 1.82) is 0 Å². The van der Waals surface area contributed by atoms with Crippen LogP contribution in [0.4, 0.5) is 18.0 Å². The van der Waals surface area contributed by atoms with Crippen LogP contribution in [0.2, 0.25) is 0 Å². The lowest BCUT2D eigenvalue weighted by atomic mass is 9.82. The van der Waals surface area contributed by atoms with Crippen LogP contribution in [-0.4, -0.2) is 35.8 Å². The lowest BCUT2D eigenvalue weighted by Crippen LogP contribution is -2.53. The molecule has 28 heavy (non-hydrogen) atoms. The first kappa shape index (κ1) is 20.6. The first-order valence-corrected chi connectivity index (χ1v) is 9.47. The Hall–Kier alpha value is -2.18. The Balaban J connectivity index is 1.92. The molecule has 1 fully saturated rings. The first-order valence-electron chi connectivity index (χ1n) is 9.47. The highest BCUT2D eigenvalue weighted by Gasteiger charge is 2.40. The smallest absolute Gasteiger partial charge is 0.416 e. The zero-order valence-electron chi connectivity index (χ0n) is 16.6. The molecule has 0 spiro atoms. The van der Waals surface area contributed by atoms with E-state index in [4.69, 9.17) is 9.47 Å². The largest absolute Gasteiger partial charge is 0.496 e. The summed E-state index contributed by atoms with van der Waals surface area (Å²) in [4.78, 5) is 14.5. The number of methoxy groups -OCH3 is 1. The maximum atomic E-state index is 13.0. The number of rotatable bonds is 2. The zero-order chi connectivity index (χ0) is 20.7. The van der Waals surface area contributed by atoms with Gasteiger partial charge in [0.1, 0.15) is 11.4 Å². The molecular formula is C21H26F3NO3. The van der Waals surface area contributed by atoms with Crippen molar-refractivity contribution in [2.45, 2.75) is 70.3 Å². The number of benzene rings is 1. The molecule has 7 heteroatoms. The van der Waals surface area contributed by atoms with E-state index in [-0.39, 0.29) is 23.9 Å². The van der Waals surface area contributed by atoms with Gasteiger partial charge in [-0.2, -0.15) is 13.2 Å². The number of carbonyl (C=O) groups is 1. The highest BCUT2D eigenvalue weighted by Crippen LogP contribution is 2.42. The van der Waals surface area contributed by atoms with Crippen molar-refractivity contribution >= 4 is 11.7 Å². The van der Waals surface area contributed by atoms with E-state index < -0.39 is 17.3 Å². The van der Waals surface area contributed by atoms with E-state index >= 15 is 0 Å². The van der Waals surface area contributed by atoms with Crippen molar-refractivity contribution in [1.82, 2.24) is 4.90 Å². The highest BCUT2D eigenvalue weighted by atomic mass is 19.4. The number of nitrogens with zero attached hydrogens (tertiary/aromatic N) is 1. The fourth-order valence-corrected chi connectivity index (χ4v) is 3.96. The van der Waals surface area contributed by atoms with Gasteiger partial charge in [-0.1, -0.05) is 12.1 Å². The number of fused-ring (bicyclic) bond motifs is 2. The quantitative estimate of drug-likeness (QED) is 0.646. The predicted molar refractivity (Wildman–Crippen MR) is 100 cm³/mol. The van der Waals surface area contributed by atoms with Crippen LogP contribution in [0.25, 0.3) is 5.57 Å². The minimum atomic E-state index is -4.42. The van der Waals surface area contributed by atoms with Crippen LogP contribution in [0.1, 0.15) is 57.6 Å². The van der Waals surface area contributed by atoms with Gasteiger partial charge in [-0.15, -0.1) is 0 Å². The number of piperidine rings is 1. The predicted octanol–water partition coefficient (Wildman–Crippen LogP) is 5.66. The molecule has 2 atom stereocenters. The Morgan fingerprint density at radius 2 is 1.89 bits per heavy atom. The van der Waals surface area contributed by atoms with Crippen LogP contribution in [0, 0.1) is 0 Å². The summed E-state index contributed by atoms with van der Waals surface area (Å²) < 4.78 is 49.9. The van der Waals surface area contributed by atoms with Gasteiger partial charge in [0.15, 0.2) is 0 Å². The molecule has 2 aliphatic rings. The topological polar surface area (TPSA) is 38.8 Å². The summed E-state index contributed by atoms with van der Waals surface area (Å²) in [5, 5.41) is 0. The van der Waals surface area contributed by atoms with Gasteiger partial charge in [-0.3, -0.25) is 4.90 Å². The fraction of sp³-hybridized carbons (Fsp3) is 0.571. The van der Waals surface area contributed by atoms with Gasteiger partial charge in [-0.25, -0.2) is 4.79 Å². The average molecular weight is 397 g/mol. The molecule has 1 amide bonds. The summed E-state index contributed by atoms with van der Waals surface area (Å²) in [5.74, 6) is 0.199. The number of hydrogen-bond donors (Lipinski definition) is 0. The van der Waals surface area contributed by atoms with E-state index in [1.54, 1.807) is 4.90 Å². The molecule has 1 aromatic carbocycles. The summed E-state index contributed by atoms with van der Waals surface area (Å²) in [5.41, 5.74) is 0.253. The third-order valence-electron chi connectivity index (χ3n) is 5.12. The summed E-state index contributed by atoms with van der Waals surface area (Å²) in [7, 11) is 1.37. The van der Waals surface area contributed by atoms with Crippen LogP contribution < -0.4 is 4.74 Å². The number of halogens is 3. The molecule has 2 unspecified atom stereocenters. The van der Waals surface area contributed by atoms with Crippen LogP contribution in [0.5, 0.6) is 5.75 Å². The second-order valence-corrected chi connectivity index (χ2v) is 8.35. The minimum absolute atomic E-state index is 0.0272. The molecule has 0 radical (unpaired) electrons. The lowest BCUT2D eigenvalue weighted by Gasteiger charge is -2.45. The van der Waals surface area contributed by atoms with Crippen LogP contribution in [0.3, 0.4) is 0 Å². The van der Waals surface area contributed by atoms with E-state index in [0.29, 0.717) is 12.0 Å². The second-order valence-electron chi connectivity index (χ2n) is 8.35. The van der Waals surface area contributed by atoms with E-state index in [0.717, 1.165) is 37.0 Å². The molecule has 2 aliphatic heterocycles. The Labute approximate surface area is 163 Å². The Bertz CT molecular complexity index is 780. The monoisotopic (exact) mass is 397 g/mol. The summed E-state index contributed by atoms with van der Waals surface area (Å²) in [6.45, 7) is 5.50. The molecule has 0 saturated carbocycles. The molecule has 0 aliphatic carbocycles. The summed E-state index contributed by atoms with van der Waals surface area (Å²) in [6, 6.07) is 3.43. The maximum absolute atomic E-state index is 13.0. The number of alkyl halides is 3. The molecule has 1 saturated heterocycles. The Morgan fingerprint density at radius 3 is 2.46 bits per heavy atom. The first-order chi connectivity index (χ1) is 13.0. The van der Waals surface area contributed by atoms with Gasteiger partial charge in [-0.05, 0) is 64.2 Å². The van der Waals surface area contributed by atoms with Gasteiger partial charge in [0.05, 0.1) is 18.7 Å². The van der Waals surface area contributed by atoms with Crippen LogP contribution in [-0.2, 0) is 10.9 Å². The van der Waals surface area contributed by atoms with Crippen molar-refractivity contribution in [3.63, 3.8) is 0 Å². The number of ether oxygens (including phenoxy) is 2. The number of amides is 1. The maximum Gasteiger partial charge on any atom is 0.416 e. The molecule has 0 N–H and O–H groups in total. The molecular weight excluding hydrogens is 371 g/mol. The van der Waals surface area contributed by atoms with Crippen LogP contribution in [0.15, 0.2) is 24.3 Å². The van der Waals surface area contributed by atoms with E-state index in [1.165, 1.54) is 13.2 Å². The van der Waals surface area contributed by atoms with E-state index in [9.17, 15) is 18.0 Å². The zero-order valence-corrected chi connectivity index (χ0v) is 16.6. The van der Waals surface area contributed by atoms with Gasteiger partial charge < -0.3 is 9.47 Å². The molecule has 2 heterocycles. The van der Waals surface area contributed by atoms with Crippen molar-refractivity contribution < 1.29 is 27.4 Å². The van der Waals surface area contributed by atoms with Gasteiger partial charge in [0.25, 0.3) is 0 Å². The Kier molecular flexibility index (Phi) is 5.38. The third kappa shape index (κ3) is 4.28. The molecule has 1 aromatic rings. The minimum Gasteiger partial charge on any atom is -0.496 e. The third-order valence-corrected chi connectivity index (χ3v) is 5.12. The number of hydrogen-bond acceptors (Lipinski definition) is 3. The van der Waals surface area contributed by atoms with Crippen LogP contribution >= 0.6 is 0 Å². The van der Waals surface area contributed by atoms with E-state index in [2.05, 4.69) is 0 Å². The average Bonchev–Trinajstić information content (AvgIpc) is 2.57. The standard InChI is InChI=1S/C21H26F3NO3/c1-20(2,3)28-19(26)25-15-6-5-7-16(25)11-13(10-15)17-9-8-14(21(22,23)24)12-18(17)27-4/h8-10,12,15-16H,5-7,11H2,1-4H3. The summed E-state index contributed by atoms with van der Waals surface area (Å²) in [6.07, 6.45) is 0.441. The molecule has 0 aromatic heterocycles. The normalized spacial score (nSPS) is 22.5. The van der Waals surface area contributed by atoms with E-state index in [1.807, 2.05) is 26.8 Å². The van der Waals surface area contributed by atoms with Gasteiger partial charge >= 0.3 is 12.3 Å². The van der Waals surface area contributed by atoms with Crippen molar-refractivity contribution in [2.75, 3.05) is 7.11 Å². The lowest BCUT2D eigenvalue weighted by molar-refractivity contribution is -0.137. The van der Waals surface area contributed by atoms with Crippen molar-refractivity contribution in [2.24, 2.45) is 0 Å². The molecule has 154 valence electrons. The number of carbonyl (C=O) groups excluding carboxylic acids is 1. The fourth-order valence-electron chi connectivity index (χ4n) is 3.96. The summed E-state index contributed by atoms with van der Waals surface area (Å²) >= 11 is 0. The Morgan fingerprint density at radius 1 is 1.18 bits per heavy atom.